The summed E-state index contributed by atoms with van der Waals surface area (Å²) in [6.07, 6.45) is 7.52. The van der Waals surface area contributed by atoms with E-state index in [1.807, 2.05) is 0 Å². The normalized spacial score (nSPS) is 10.7. The van der Waals surface area contributed by atoms with Crippen LogP contribution in [-0.2, 0) is 4.79 Å². The van der Waals surface area contributed by atoms with Gasteiger partial charge in [-0.2, -0.15) is 5.10 Å². The van der Waals surface area contributed by atoms with E-state index < -0.39 is 5.97 Å². The van der Waals surface area contributed by atoms with Gasteiger partial charge in [-0.25, -0.2) is 10.2 Å². The summed E-state index contributed by atoms with van der Waals surface area (Å²) in [7, 11) is 0. The number of hydrogen-bond donors (Lipinski definition) is 2. The number of carboxylic acids is 1. The number of nitrogens with zero attached hydrogens (tertiary/aromatic N) is 1. The molecule has 0 aromatic heterocycles. The van der Waals surface area contributed by atoms with Crippen molar-refractivity contribution in [3.05, 3.63) is 35.4 Å². The number of hydrazone groups is 1. The van der Waals surface area contributed by atoms with Crippen LogP contribution >= 0.6 is 0 Å². The smallest absolute Gasteiger partial charge is 0.335 e. The lowest BCUT2D eigenvalue weighted by Gasteiger charge is -2.00. The predicted octanol–water partition coefficient (Wildman–Crippen LogP) is 3.20. The molecule has 0 heterocycles. The van der Waals surface area contributed by atoms with Crippen molar-refractivity contribution in [3.8, 4) is 0 Å². The number of amides is 1. The first kappa shape index (κ1) is 16.9. The molecule has 0 radical (unpaired) electrons. The first-order valence-corrected chi connectivity index (χ1v) is 7.28. The molecule has 114 valence electrons. The number of carbonyl (C=O) groups is 2. The lowest BCUT2D eigenvalue weighted by atomic mass is 10.1. The molecule has 0 aliphatic rings. The van der Waals surface area contributed by atoms with Crippen LogP contribution in [0, 0.1) is 0 Å². The zero-order valence-corrected chi connectivity index (χ0v) is 12.3. The van der Waals surface area contributed by atoms with Crippen LogP contribution in [0.2, 0.25) is 0 Å². The van der Waals surface area contributed by atoms with E-state index in [2.05, 4.69) is 17.5 Å². The van der Waals surface area contributed by atoms with Crippen molar-refractivity contribution < 1.29 is 14.7 Å². The van der Waals surface area contributed by atoms with E-state index >= 15 is 0 Å². The number of carboxylic acid groups (broad SMARTS) is 1. The van der Waals surface area contributed by atoms with Crippen molar-refractivity contribution in [1.82, 2.24) is 5.43 Å². The highest BCUT2D eigenvalue weighted by Crippen LogP contribution is 2.05. The first-order chi connectivity index (χ1) is 10.1. The number of aromatic carboxylic acids is 1. The summed E-state index contributed by atoms with van der Waals surface area (Å²) in [6.45, 7) is 2.16. The highest BCUT2D eigenvalue weighted by molar-refractivity contribution is 5.89. The first-order valence-electron chi connectivity index (χ1n) is 7.28. The number of nitrogens with one attached hydrogen (secondary N) is 1. The maximum absolute atomic E-state index is 11.5. The highest BCUT2D eigenvalue weighted by atomic mass is 16.4. The van der Waals surface area contributed by atoms with Crippen molar-refractivity contribution >= 4 is 18.1 Å². The Morgan fingerprint density at radius 1 is 1.14 bits per heavy atom. The Kier molecular flexibility index (Phi) is 7.79. The Bertz CT molecular complexity index is 481. The molecule has 0 atom stereocenters. The molecule has 1 aromatic rings. The van der Waals surface area contributed by atoms with Gasteiger partial charge in [-0.15, -0.1) is 0 Å². The van der Waals surface area contributed by atoms with Crippen LogP contribution in [-0.4, -0.2) is 23.2 Å². The van der Waals surface area contributed by atoms with E-state index in [0.717, 1.165) is 18.4 Å². The van der Waals surface area contributed by atoms with Crippen LogP contribution in [0.4, 0.5) is 0 Å². The molecule has 0 aliphatic carbocycles. The average molecular weight is 290 g/mol. The second-order valence-electron chi connectivity index (χ2n) is 4.88. The number of hydrogen-bond acceptors (Lipinski definition) is 3. The Morgan fingerprint density at radius 3 is 2.43 bits per heavy atom. The molecule has 1 amide bonds. The molecule has 21 heavy (non-hydrogen) atoms. The second kappa shape index (κ2) is 9.69. The highest BCUT2D eigenvalue weighted by Gasteiger charge is 2.01. The summed E-state index contributed by atoms with van der Waals surface area (Å²) >= 11 is 0. The van der Waals surface area contributed by atoms with Crippen LogP contribution in [0.25, 0.3) is 0 Å². The van der Waals surface area contributed by atoms with Gasteiger partial charge in [0.05, 0.1) is 11.8 Å². The molecule has 2 N–H and O–H groups in total. The third-order valence-electron chi connectivity index (χ3n) is 3.07. The number of carbonyl (C=O) groups excluding carboxylic acids is 1. The fourth-order valence-corrected chi connectivity index (χ4v) is 1.84. The summed E-state index contributed by atoms with van der Waals surface area (Å²) in [5, 5.41) is 12.6. The molecule has 5 heteroatoms. The van der Waals surface area contributed by atoms with E-state index in [0.29, 0.717) is 6.42 Å². The summed E-state index contributed by atoms with van der Waals surface area (Å²) in [4.78, 5) is 22.2. The predicted molar refractivity (Wildman–Crippen MR) is 82.5 cm³/mol. The Balaban J connectivity index is 2.27. The van der Waals surface area contributed by atoms with E-state index in [-0.39, 0.29) is 11.5 Å². The zero-order chi connectivity index (χ0) is 15.5. The van der Waals surface area contributed by atoms with Gasteiger partial charge in [-0.3, -0.25) is 4.79 Å². The van der Waals surface area contributed by atoms with Gasteiger partial charge < -0.3 is 5.11 Å². The maximum atomic E-state index is 11.5. The molecule has 5 nitrogen and oxygen atoms in total. The fraction of sp³-hybridized carbons (Fsp3) is 0.438. The third kappa shape index (κ3) is 7.25. The van der Waals surface area contributed by atoms with Gasteiger partial charge in [0.25, 0.3) is 0 Å². The van der Waals surface area contributed by atoms with Gasteiger partial charge in [-0.1, -0.05) is 44.7 Å². The molecule has 0 saturated heterocycles. The summed E-state index contributed by atoms with van der Waals surface area (Å²) < 4.78 is 0. The second-order valence-corrected chi connectivity index (χ2v) is 4.88. The number of benzene rings is 1. The topological polar surface area (TPSA) is 78.8 Å². The Hall–Kier alpha value is -2.17. The molecule has 0 fully saturated rings. The summed E-state index contributed by atoms with van der Waals surface area (Å²) in [5.41, 5.74) is 3.44. The quantitative estimate of drug-likeness (QED) is 0.416. The lowest BCUT2D eigenvalue weighted by molar-refractivity contribution is -0.121. The lowest BCUT2D eigenvalue weighted by Crippen LogP contribution is -2.16. The molecule has 0 unspecified atom stereocenters. The van der Waals surface area contributed by atoms with Crippen molar-refractivity contribution in [3.63, 3.8) is 0 Å². The molecular weight excluding hydrogens is 268 g/mol. The molecule has 0 saturated carbocycles. The third-order valence-corrected chi connectivity index (χ3v) is 3.07. The van der Waals surface area contributed by atoms with Crippen molar-refractivity contribution in [2.45, 2.75) is 45.4 Å². The minimum Gasteiger partial charge on any atom is -0.478 e. The minimum absolute atomic E-state index is 0.0927. The van der Waals surface area contributed by atoms with E-state index in [4.69, 9.17) is 5.11 Å². The zero-order valence-electron chi connectivity index (χ0n) is 12.3. The Labute approximate surface area is 125 Å². The Morgan fingerprint density at radius 2 is 1.81 bits per heavy atom. The summed E-state index contributed by atoms with van der Waals surface area (Å²) in [5.74, 6) is -1.06. The van der Waals surface area contributed by atoms with E-state index in [1.54, 1.807) is 12.1 Å². The van der Waals surface area contributed by atoms with Crippen molar-refractivity contribution in [2.24, 2.45) is 5.10 Å². The number of unbranched alkanes of at least 4 members (excludes halogenated alkanes) is 4. The van der Waals surface area contributed by atoms with Gasteiger partial charge in [0.2, 0.25) is 5.91 Å². The summed E-state index contributed by atoms with van der Waals surface area (Å²) in [6, 6.07) is 6.28. The van der Waals surface area contributed by atoms with Crippen LogP contribution < -0.4 is 5.43 Å². The molecule has 0 spiro atoms. The maximum Gasteiger partial charge on any atom is 0.335 e. The van der Waals surface area contributed by atoms with E-state index in [1.165, 1.54) is 37.6 Å². The molecular formula is C16H22N2O3. The van der Waals surface area contributed by atoms with Gasteiger partial charge in [-0.05, 0) is 24.1 Å². The SMILES string of the molecule is CCCCCCCC(=O)N/N=C\c1ccc(C(=O)O)cc1. The van der Waals surface area contributed by atoms with E-state index in [9.17, 15) is 9.59 Å². The van der Waals surface area contributed by atoms with Crippen molar-refractivity contribution in [1.29, 1.82) is 0 Å². The van der Waals surface area contributed by atoms with Crippen LogP contribution in [0.15, 0.2) is 29.4 Å². The van der Waals surface area contributed by atoms with Gasteiger partial charge >= 0.3 is 5.97 Å². The average Bonchev–Trinajstić information content (AvgIpc) is 2.47. The molecule has 1 aromatic carbocycles. The van der Waals surface area contributed by atoms with Crippen LogP contribution in [0.1, 0.15) is 61.4 Å². The monoisotopic (exact) mass is 290 g/mol. The molecule has 1 rings (SSSR count). The molecule has 0 bridgehead atoms. The van der Waals surface area contributed by atoms with Crippen molar-refractivity contribution in [2.75, 3.05) is 0 Å². The minimum atomic E-state index is -0.963. The number of rotatable bonds is 9. The molecule has 0 aliphatic heterocycles. The van der Waals surface area contributed by atoms with Crippen LogP contribution in [0.5, 0.6) is 0 Å². The van der Waals surface area contributed by atoms with Crippen LogP contribution in [0.3, 0.4) is 0 Å². The van der Waals surface area contributed by atoms with Gasteiger partial charge in [0, 0.05) is 6.42 Å². The van der Waals surface area contributed by atoms with Gasteiger partial charge in [0.1, 0.15) is 0 Å². The largest absolute Gasteiger partial charge is 0.478 e. The standard InChI is InChI=1S/C16H22N2O3/c1-2-3-4-5-6-7-15(19)18-17-12-13-8-10-14(11-9-13)16(20)21/h8-12H,2-7H2,1H3,(H,18,19)(H,20,21)/b17-12-. The fourth-order valence-electron chi connectivity index (χ4n) is 1.84. The van der Waals surface area contributed by atoms with Gasteiger partial charge in [0.15, 0.2) is 0 Å².